The number of esters is 2. The molecule has 0 bridgehead atoms. The van der Waals surface area contributed by atoms with Crippen LogP contribution in [0.2, 0.25) is 0 Å². The first-order chi connectivity index (χ1) is 10.5. The van der Waals surface area contributed by atoms with Gasteiger partial charge in [0.05, 0.1) is 32.0 Å². The number of hydrogen-bond acceptors (Lipinski definition) is 6. The minimum Gasteiger partial charge on any atom is -0.466 e. The highest BCUT2D eigenvalue weighted by molar-refractivity contribution is 5.99. The Hall–Kier alpha value is -2.96. The van der Waals surface area contributed by atoms with Crippen LogP contribution in [0.4, 0.5) is 10.1 Å². The third-order valence-corrected chi connectivity index (χ3v) is 2.80. The van der Waals surface area contributed by atoms with Crippen molar-refractivity contribution in [2.75, 3.05) is 19.5 Å². The van der Waals surface area contributed by atoms with E-state index in [-0.39, 0.29) is 5.70 Å². The number of fused-ring (bicyclic) bond motifs is 1. The number of aromatic nitrogens is 1. The Morgan fingerprint density at radius 3 is 2.68 bits per heavy atom. The molecule has 2 rings (SSSR count). The Labute approximate surface area is 125 Å². The molecule has 1 N–H and O–H groups in total. The maximum Gasteiger partial charge on any atom is 0.354 e. The molecule has 6 nitrogen and oxygen atoms in total. The number of benzene rings is 1. The van der Waals surface area contributed by atoms with Crippen LogP contribution in [0.1, 0.15) is 0 Å². The zero-order valence-electron chi connectivity index (χ0n) is 11.9. The number of methoxy groups -OCH3 is 2. The SMILES string of the molecule is COC(=O)/C=C(/Nc1ccc2ncc(F)cc2c1)C(=O)OC. The summed E-state index contributed by atoms with van der Waals surface area (Å²) in [6.07, 6.45) is 2.09. The molecule has 0 fully saturated rings. The molecule has 0 saturated heterocycles. The summed E-state index contributed by atoms with van der Waals surface area (Å²) in [5, 5.41) is 3.29. The molecule has 1 heterocycles. The summed E-state index contributed by atoms with van der Waals surface area (Å²) in [6, 6.07) is 6.21. The molecule has 0 aliphatic carbocycles. The number of rotatable bonds is 4. The standard InChI is InChI=1S/C15H13FN2O4/c1-21-14(19)7-13(15(20)22-2)18-11-3-4-12-9(6-11)5-10(16)8-17-12/h3-8,18H,1-2H3/b13-7+. The quantitative estimate of drug-likeness (QED) is 0.688. The number of halogens is 1. The van der Waals surface area contributed by atoms with Crippen molar-refractivity contribution in [1.82, 2.24) is 4.98 Å². The molecule has 2 aromatic rings. The molecular weight excluding hydrogens is 291 g/mol. The molecule has 0 atom stereocenters. The number of carbonyl (C=O) groups is 2. The summed E-state index contributed by atoms with van der Waals surface area (Å²) >= 11 is 0. The van der Waals surface area contributed by atoms with Crippen LogP contribution in [-0.2, 0) is 19.1 Å². The van der Waals surface area contributed by atoms with E-state index in [1.807, 2.05) is 0 Å². The average Bonchev–Trinajstić information content (AvgIpc) is 2.52. The van der Waals surface area contributed by atoms with Gasteiger partial charge in [-0.2, -0.15) is 0 Å². The van der Waals surface area contributed by atoms with Crippen molar-refractivity contribution in [1.29, 1.82) is 0 Å². The van der Waals surface area contributed by atoms with E-state index in [1.54, 1.807) is 18.2 Å². The molecule has 1 aromatic heterocycles. The lowest BCUT2D eigenvalue weighted by Gasteiger charge is -2.09. The van der Waals surface area contributed by atoms with E-state index in [2.05, 4.69) is 19.8 Å². The first-order valence-corrected chi connectivity index (χ1v) is 6.24. The predicted octanol–water partition coefficient (Wildman–Crippen LogP) is 2.02. The lowest BCUT2D eigenvalue weighted by Crippen LogP contribution is -2.15. The van der Waals surface area contributed by atoms with Gasteiger partial charge in [-0.1, -0.05) is 0 Å². The number of nitrogens with zero attached hydrogens (tertiary/aromatic N) is 1. The topological polar surface area (TPSA) is 77.5 Å². The summed E-state index contributed by atoms with van der Waals surface area (Å²) in [7, 11) is 2.38. The number of carbonyl (C=O) groups excluding carboxylic acids is 2. The average molecular weight is 304 g/mol. The molecule has 0 amide bonds. The molecule has 0 radical (unpaired) electrons. The number of ether oxygens (including phenoxy) is 2. The van der Waals surface area contributed by atoms with E-state index < -0.39 is 17.8 Å². The third-order valence-electron chi connectivity index (χ3n) is 2.80. The van der Waals surface area contributed by atoms with Crippen LogP contribution in [-0.4, -0.2) is 31.1 Å². The third kappa shape index (κ3) is 3.57. The van der Waals surface area contributed by atoms with Gasteiger partial charge in [0.15, 0.2) is 0 Å². The van der Waals surface area contributed by atoms with Crippen LogP contribution in [0, 0.1) is 5.82 Å². The molecule has 0 unspecified atom stereocenters. The molecule has 0 spiro atoms. The fourth-order valence-corrected chi connectivity index (χ4v) is 1.77. The maximum absolute atomic E-state index is 13.2. The minimum atomic E-state index is -0.733. The maximum atomic E-state index is 13.2. The Balaban J connectivity index is 2.35. The van der Waals surface area contributed by atoms with Crippen LogP contribution < -0.4 is 5.32 Å². The highest BCUT2D eigenvalue weighted by Gasteiger charge is 2.13. The molecule has 0 aliphatic rings. The van der Waals surface area contributed by atoms with Crippen molar-refractivity contribution < 1.29 is 23.5 Å². The molecule has 114 valence electrons. The fourth-order valence-electron chi connectivity index (χ4n) is 1.77. The first-order valence-electron chi connectivity index (χ1n) is 6.24. The van der Waals surface area contributed by atoms with E-state index in [1.165, 1.54) is 20.3 Å². The van der Waals surface area contributed by atoms with E-state index >= 15 is 0 Å². The second-order valence-electron chi connectivity index (χ2n) is 4.26. The van der Waals surface area contributed by atoms with Gasteiger partial charge in [0.25, 0.3) is 0 Å². The van der Waals surface area contributed by atoms with Gasteiger partial charge in [-0.3, -0.25) is 4.98 Å². The second-order valence-corrected chi connectivity index (χ2v) is 4.26. The van der Waals surface area contributed by atoms with Crippen molar-refractivity contribution in [3.63, 3.8) is 0 Å². The van der Waals surface area contributed by atoms with Crippen LogP contribution in [0.5, 0.6) is 0 Å². The van der Waals surface area contributed by atoms with E-state index in [0.29, 0.717) is 16.6 Å². The van der Waals surface area contributed by atoms with Crippen LogP contribution >= 0.6 is 0 Å². The van der Waals surface area contributed by atoms with Crippen LogP contribution in [0.3, 0.4) is 0 Å². The molecule has 22 heavy (non-hydrogen) atoms. The molecule has 0 saturated carbocycles. The summed E-state index contributed by atoms with van der Waals surface area (Å²) < 4.78 is 22.3. The summed E-state index contributed by atoms with van der Waals surface area (Å²) in [4.78, 5) is 26.9. The van der Waals surface area contributed by atoms with Crippen molar-refractivity contribution in [3.05, 3.63) is 48.1 Å². The highest BCUT2D eigenvalue weighted by Crippen LogP contribution is 2.19. The fraction of sp³-hybridized carbons (Fsp3) is 0.133. The molecular formula is C15H13FN2O4. The monoisotopic (exact) mass is 304 g/mol. The smallest absolute Gasteiger partial charge is 0.354 e. The Bertz CT molecular complexity index is 758. The number of anilines is 1. The predicted molar refractivity (Wildman–Crippen MR) is 77.4 cm³/mol. The second kappa shape index (κ2) is 6.66. The Morgan fingerprint density at radius 1 is 1.23 bits per heavy atom. The first kappa shape index (κ1) is 15.4. The van der Waals surface area contributed by atoms with Gasteiger partial charge in [-0.05, 0) is 24.3 Å². The van der Waals surface area contributed by atoms with E-state index in [0.717, 1.165) is 12.3 Å². The number of pyridine rings is 1. The zero-order chi connectivity index (χ0) is 16.1. The van der Waals surface area contributed by atoms with E-state index in [4.69, 9.17) is 0 Å². The summed E-state index contributed by atoms with van der Waals surface area (Å²) in [6.45, 7) is 0. The van der Waals surface area contributed by atoms with Crippen LogP contribution in [0.25, 0.3) is 10.9 Å². The molecule has 0 aliphatic heterocycles. The van der Waals surface area contributed by atoms with Crippen molar-refractivity contribution in [2.24, 2.45) is 0 Å². The minimum absolute atomic E-state index is 0.0990. The summed E-state index contributed by atoms with van der Waals surface area (Å²) in [5.74, 6) is -1.91. The highest BCUT2D eigenvalue weighted by atomic mass is 19.1. The summed E-state index contributed by atoms with van der Waals surface area (Å²) in [5.41, 5.74) is 0.974. The normalized spacial score (nSPS) is 11.1. The van der Waals surface area contributed by atoms with Crippen molar-refractivity contribution in [2.45, 2.75) is 0 Å². The Morgan fingerprint density at radius 2 is 2.00 bits per heavy atom. The Kier molecular flexibility index (Phi) is 4.67. The van der Waals surface area contributed by atoms with E-state index in [9.17, 15) is 14.0 Å². The van der Waals surface area contributed by atoms with Gasteiger partial charge in [0, 0.05) is 11.1 Å². The van der Waals surface area contributed by atoms with Gasteiger partial charge in [0.1, 0.15) is 11.5 Å². The molecule has 1 aromatic carbocycles. The van der Waals surface area contributed by atoms with Crippen LogP contribution in [0.15, 0.2) is 42.2 Å². The largest absolute Gasteiger partial charge is 0.466 e. The van der Waals surface area contributed by atoms with Crippen molar-refractivity contribution in [3.8, 4) is 0 Å². The van der Waals surface area contributed by atoms with Gasteiger partial charge in [0.2, 0.25) is 0 Å². The van der Waals surface area contributed by atoms with Crippen molar-refractivity contribution >= 4 is 28.5 Å². The van der Waals surface area contributed by atoms with Gasteiger partial charge in [-0.25, -0.2) is 14.0 Å². The number of hydrogen-bond donors (Lipinski definition) is 1. The zero-order valence-corrected chi connectivity index (χ0v) is 11.9. The number of nitrogens with one attached hydrogen (secondary N) is 1. The lowest BCUT2D eigenvalue weighted by atomic mass is 10.2. The van der Waals surface area contributed by atoms with Gasteiger partial charge in [-0.15, -0.1) is 0 Å². The lowest BCUT2D eigenvalue weighted by molar-refractivity contribution is -0.138. The molecule has 7 heteroatoms. The van der Waals surface area contributed by atoms with Gasteiger partial charge >= 0.3 is 11.9 Å². The van der Waals surface area contributed by atoms with Gasteiger partial charge < -0.3 is 14.8 Å².